The van der Waals surface area contributed by atoms with Crippen molar-refractivity contribution in [3.63, 3.8) is 0 Å². The smallest absolute Gasteiger partial charge is 0.402 e. The fourth-order valence-corrected chi connectivity index (χ4v) is 0.622. The molecule has 7 nitrogen and oxygen atoms in total. The molecular weight excluding hydrogens is 219 g/mol. The first-order valence-corrected chi connectivity index (χ1v) is 5.03. The molecular formula is C8H21BO7. The molecule has 98 valence electrons. The Kier molecular flexibility index (Phi) is 16.8. The minimum Gasteiger partial charge on any atom is -0.402 e. The van der Waals surface area contributed by atoms with Crippen LogP contribution in [0, 0.1) is 0 Å². The molecule has 0 amide bonds. The molecule has 8 heteroatoms. The van der Waals surface area contributed by atoms with Crippen molar-refractivity contribution in [2.24, 2.45) is 0 Å². The number of hydrogen-bond acceptors (Lipinski definition) is 7. The van der Waals surface area contributed by atoms with Gasteiger partial charge in [-0.3, -0.25) is 0 Å². The molecule has 1 unspecified atom stereocenters. The lowest BCUT2D eigenvalue weighted by atomic mass is 10.3. The molecule has 0 aliphatic carbocycles. The van der Waals surface area contributed by atoms with E-state index in [0.717, 1.165) is 0 Å². The molecule has 0 rings (SSSR count). The molecule has 0 aliphatic heterocycles. The molecule has 0 aromatic rings. The van der Waals surface area contributed by atoms with Crippen molar-refractivity contribution in [1.29, 1.82) is 0 Å². The number of rotatable bonds is 8. The number of ether oxygens (including phenoxy) is 2. The van der Waals surface area contributed by atoms with Crippen molar-refractivity contribution in [3.8, 4) is 0 Å². The summed E-state index contributed by atoms with van der Waals surface area (Å²) in [7, 11) is -2.17. The Balaban J connectivity index is 0. The van der Waals surface area contributed by atoms with Gasteiger partial charge < -0.3 is 34.8 Å². The highest BCUT2D eigenvalue weighted by atomic mass is 16.5. The third kappa shape index (κ3) is 23.5. The Morgan fingerprint density at radius 2 is 1.56 bits per heavy atom. The van der Waals surface area contributed by atoms with E-state index in [9.17, 15) is 0 Å². The minimum atomic E-state index is -2.17. The van der Waals surface area contributed by atoms with Gasteiger partial charge in [0.15, 0.2) is 0 Å². The molecule has 0 aromatic carbocycles. The van der Waals surface area contributed by atoms with E-state index < -0.39 is 7.32 Å². The maximum atomic E-state index is 9.05. The standard InChI is InChI=1S/C8H18O4.BH3O3/c1-2-8(10)7-12-6-5-11-4-3-9;2-1(3)4/h8-10H,2-7H2,1H3;2-4H. The van der Waals surface area contributed by atoms with E-state index in [1.807, 2.05) is 6.92 Å². The summed E-state index contributed by atoms with van der Waals surface area (Å²) in [6.45, 7) is 3.58. The van der Waals surface area contributed by atoms with Crippen molar-refractivity contribution < 1.29 is 34.8 Å². The van der Waals surface area contributed by atoms with Gasteiger partial charge in [-0.05, 0) is 6.42 Å². The molecule has 0 bridgehead atoms. The van der Waals surface area contributed by atoms with Crippen molar-refractivity contribution in [2.75, 3.05) is 33.0 Å². The maximum absolute atomic E-state index is 9.05. The van der Waals surface area contributed by atoms with Crippen LogP contribution in [0.1, 0.15) is 13.3 Å². The normalized spacial score (nSPS) is 11.6. The average molecular weight is 240 g/mol. The lowest BCUT2D eigenvalue weighted by Gasteiger charge is -2.08. The fourth-order valence-electron chi connectivity index (χ4n) is 0.622. The Hall–Kier alpha value is -0.215. The van der Waals surface area contributed by atoms with Crippen LogP contribution in [-0.2, 0) is 9.47 Å². The van der Waals surface area contributed by atoms with Crippen LogP contribution in [0.3, 0.4) is 0 Å². The topological polar surface area (TPSA) is 120 Å². The molecule has 16 heavy (non-hydrogen) atoms. The third-order valence-electron chi connectivity index (χ3n) is 1.39. The summed E-state index contributed by atoms with van der Waals surface area (Å²) < 4.78 is 10.0. The zero-order valence-electron chi connectivity index (χ0n) is 9.45. The van der Waals surface area contributed by atoms with Crippen LogP contribution in [-0.4, -0.2) is 71.7 Å². The van der Waals surface area contributed by atoms with E-state index in [1.54, 1.807) is 0 Å². The van der Waals surface area contributed by atoms with E-state index in [2.05, 4.69) is 0 Å². The summed E-state index contributed by atoms with van der Waals surface area (Å²) in [6, 6.07) is 0. The second-order valence-electron chi connectivity index (χ2n) is 2.82. The number of aliphatic hydroxyl groups is 2. The lowest BCUT2D eigenvalue weighted by Crippen LogP contribution is -2.16. The molecule has 0 saturated carbocycles. The molecule has 1 atom stereocenters. The molecule has 0 heterocycles. The molecule has 0 radical (unpaired) electrons. The van der Waals surface area contributed by atoms with Gasteiger partial charge in [0.2, 0.25) is 0 Å². The quantitative estimate of drug-likeness (QED) is 0.240. The summed E-state index contributed by atoms with van der Waals surface area (Å²) in [4.78, 5) is 0. The van der Waals surface area contributed by atoms with Crippen LogP contribution in [0.15, 0.2) is 0 Å². The lowest BCUT2D eigenvalue weighted by molar-refractivity contribution is -0.00274. The highest BCUT2D eigenvalue weighted by Gasteiger charge is 1.98. The zero-order chi connectivity index (χ0) is 12.8. The van der Waals surface area contributed by atoms with E-state index in [0.29, 0.717) is 32.8 Å². The number of hydrogen-bond donors (Lipinski definition) is 5. The first-order chi connectivity index (χ1) is 7.54. The molecule has 0 saturated heterocycles. The van der Waals surface area contributed by atoms with E-state index >= 15 is 0 Å². The van der Waals surface area contributed by atoms with Gasteiger partial charge in [0.25, 0.3) is 0 Å². The van der Waals surface area contributed by atoms with Crippen molar-refractivity contribution in [2.45, 2.75) is 19.4 Å². The third-order valence-corrected chi connectivity index (χ3v) is 1.39. The van der Waals surface area contributed by atoms with Gasteiger partial charge in [-0.25, -0.2) is 0 Å². The molecule has 0 aliphatic rings. The van der Waals surface area contributed by atoms with Gasteiger partial charge >= 0.3 is 7.32 Å². The first kappa shape index (κ1) is 18.2. The Labute approximate surface area is 95.4 Å². The van der Waals surface area contributed by atoms with Crippen molar-refractivity contribution >= 4 is 7.32 Å². The Morgan fingerprint density at radius 3 is 2.00 bits per heavy atom. The second-order valence-corrected chi connectivity index (χ2v) is 2.82. The van der Waals surface area contributed by atoms with E-state index in [-0.39, 0.29) is 12.7 Å². The first-order valence-electron chi connectivity index (χ1n) is 5.03. The predicted molar refractivity (Wildman–Crippen MR) is 57.4 cm³/mol. The minimum absolute atomic E-state index is 0.0393. The number of aliphatic hydroxyl groups excluding tert-OH is 2. The Morgan fingerprint density at radius 1 is 1.06 bits per heavy atom. The van der Waals surface area contributed by atoms with Gasteiger partial charge in [0.05, 0.1) is 39.1 Å². The fraction of sp³-hybridized carbons (Fsp3) is 1.00. The van der Waals surface area contributed by atoms with Crippen LogP contribution in [0.5, 0.6) is 0 Å². The second kappa shape index (κ2) is 14.8. The van der Waals surface area contributed by atoms with Crippen LogP contribution in [0.2, 0.25) is 0 Å². The summed E-state index contributed by atoms with van der Waals surface area (Å²) in [6.07, 6.45) is 0.333. The van der Waals surface area contributed by atoms with Crippen LogP contribution >= 0.6 is 0 Å². The average Bonchev–Trinajstić information content (AvgIpc) is 2.22. The van der Waals surface area contributed by atoms with Gasteiger partial charge in [0, 0.05) is 0 Å². The highest BCUT2D eigenvalue weighted by molar-refractivity contribution is 6.30. The van der Waals surface area contributed by atoms with Gasteiger partial charge in [-0.1, -0.05) is 6.92 Å². The van der Waals surface area contributed by atoms with Gasteiger partial charge in [-0.15, -0.1) is 0 Å². The summed E-state index contributed by atoms with van der Waals surface area (Å²) in [5, 5.41) is 38.9. The predicted octanol–water partition coefficient (Wildman–Crippen LogP) is -2.27. The molecule has 0 fully saturated rings. The van der Waals surface area contributed by atoms with Crippen molar-refractivity contribution in [1.82, 2.24) is 0 Å². The summed E-state index contributed by atoms with van der Waals surface area (Å²) in [5.41, 5.74) is 0. The zero-order valence-corrected chi connectivity index (χ0v) is 9.45. The summed E-state index contributed by atoms with van der Waals surface area (Å²) in [5.74, 6) is 0. The van der Waals surface area contributed by atoms with Crippen molar-refractivity contribution in [3.05, 3.63) is 0 Å². The largest absolute Gasteiger partial charge is 0.631 e. The highest BCUT2D eigenvalue weighted by Crippen LogP contribution is 1.90. The molecule has 0 spiro atoms. The molecule has 0 aromatic heterocycles. The van der Waals surface area contributed by atoms with Gasteiger partial charge in [-0.2, -0.15) is 0 Å². The van der Waals surface area contributed by atoms with E-state index in [4.69, 9.17) is 34.8 Å². The van der Waals surface area contributed by atoms with Crippen LogP contribution in [0.25, 0.3) is 0 Å². The van der Waals surface area contributed by atoms with Crippen LogP contribution < -0.4 is 0 Å². The maximum Gasteiger partial charge on any atom is 0.631 e. The Bertz CT molecular complexity index is 122. The van der Waals surface area contributed by atoms with Crippen LogP contribution in [0.4, 0.5) is 0 Å². The van der Waals surface area contributed by atoms with Gasteiger partial charge in [0.1, 0.15) is 0 Å². The molecule has 5 N–H and O–H groups in total. The monoisotopic (exact) mass is 240 g/mol. The van der Waals surface area contributed by atoms with E-state index in [1.165, 1.54) is 0 Å². The SMILES string of the molecule is CCC(O)COCCOCCO.OB(O)O. The summed E-state index contributed by atoms with van der Waals surface area (Å²) >= 11 is 0.